The molecular weight excluding hydrogens is 465 g/mol. The molecule has 0 aliphatic rings. The Kier molecular flexibility index (Phi) is 7.85. The lowest BCUT2D eigenvalue weighted by atomic mass is 10.1. The van der Waals surface area contributed by atoms with Gasteiger partial charge in [-0.15, -0.1) is 0 Å². The van der Waals surface area contributed by atoms with Gasteiger partial charge in [0.25, 0.3) is 5.91 Å². The summed E-state index contributed by atoms with van der Waals surface area (Å²) in [6.07, 6.45) is 1.63. The van der Waals surface area contributed by atoms with Gasteiger partial charge in [-0.25, -0.2) is 4.39 Å². The van der Waals surface area contributed by atoms with Gasteiger partial charge >= 0.3 is 0 Å². The molecule has 0 radical (unpaired) electrons. The van der Waals surface area contributed by atoms with Crippen molar-refractivity contribution in [1.82, 2.24) is 9.88 Å². The highest BCUT2D eigenvalue weighted by Gasteiger charge is 2.16. The summed E-state index contributed by atoms with van der Waals surface area (Å²) in [4.78, 5) is 12.8. The van der Waals surface area contributed by atoms with E-state index < -0.39 is 5.91 Å². The number of carbonyl (C=O) groups excluding carboxylic acids is 1. The molecule has 3 aromatic carbocycles. The van der Waals surface area contributed by atoms with Gasteiger partial charge in [0.15, 0.2) is 0 Å². The number of benzene rings is 3. The van der Waals surface area contributed by atoms with Crippen molar-refractivity contribution in [3.8, 4) is 17.5 Å². The molecule has 0 spiro atoms. The van der Waals surface area contributed by atoms with Crippen LogP contribution in [0.25, 0.3) is 11.8 Å². The van der Waals surface area contributed by atoms with Crippen LogP contribution in [-0.4, -0.2) is 10.5 Å². The Morgan fingerprint density at radius 2 is 1.73 bits per heavy atom. The standard InChI is InChI=1S/C31H28FN3O2/c1-21-17-26(18-27(19-33)31(36)34-22(2)25-7-5-4-6-8-25)23(3)35(21)29-13-15-30(16-14-29)37-20-24-9-11-28(32)12-10-24/h4-18,22H,20H2,1-3H3,(H,34,36)/b27-18-/t22-/m0/s1. The third-order valence-corrected chi connectivity index (χ3v) is 6.20. The smallest absolute Gasteiger partial charge is 0.262 e. The van der Waals surface area contributed by atoms with Gasteiger partial charge in [-0.05, 0) is 86.0 Å². The Morgan fingerprint density at radius 1 is 1.05 bits per heavy atom. The number of rotatable bonds is 8. The molecule has 0 aliphatic heterocycles. The van der Waals surface area contributed by atoms with Crippen molar-refractivity contribution in [3.63, 3.8) is 0 Å². The van der Waals surface area contributed by atoms with E-state index in [4.69, 9.17) is 4.74 Å². The number of aromatic nitrogens is 1. The fourth-order valence-electron chi connectivity index (χ4n) is 4.17. The van der Waals surface area contributed by atoms with Crippen LogP contribution in [0, 0.1) is 31.0 Å². The maximum Gasteiger partial charge on any atom is 0.262 e. The summed E-state index contributed by atoms with van der Waals surface area (Å²) in [5, 5.41) is 12.6. The van der Waals surface area contributed by atoms with Crippen molar-refractivity contribution in [1.29, 1.82) is 5.26 Å². The van der Waals surface area contributed by atoms with Gasteiger partial charge in [-0.3, -0.25) is 4.79 Å². The zero-order valence-electron chi connectivity index (χ0n) is 21.0. The average molecular weight is 494 g/mol. The molecule has 1 aromatic heterocycles. The number of nitrogens with one attached hydrogen (secondary N) is 1. The summed E-state index contributed by atoms with van der Waals surface area (Å²) in [5.74, 6) is 0.0157. The monoisotopic (exact) mass is 493 g/mol. The summed E-state index contributed by atoms with van der Waals surface area (Å²) < 4.78 is 21.0. The van der Waals surface area contributed by atoms with Gasteiger partial charge < -0.3 is 14.6 Å². The maximum atomic E-state index is 13.1. The summed E-state index contributed by atoms with van der Waals surface area (Å²) in [7, 11) is 0. The van der Waals surface area contributed by atoms with Crippen LogP contribution in [-0.2, 0) is 11.4 Å². The highest BCUT2D eigenvalue weighted by atomic mass is 19.1. The fourth-order valence-corrected chi connectivity index (χ4v) is 4.17. The zero-order chi connectivity index (χ0) is 26.4. The molecule has 0 saturated heterocycles. The second-order valence-corrected chi connectivity index (χ2v) is 8.85. The molecule has 5 nitrogen and oxygen atoms in total. The van der Waals surface area contributed by atoms with Gasteiger partial charge in [0.2, 0.25) is 0 Å². The molecule has 0 fully saturated rings. The molecule has 1 atom stereocenters. The van der Waals surface area contributed by atoms with Crippen LogP contribution in [0.5, 0.6) is 5.75 Å². The minimum Gasteiger partial charge on any atom is -0.489 e. The minimum absolute atomic E-state index is 0.0487. The van der Waals surface area contributed by atoms with Crippen LogP contribution in [0.1, 0.15) is 41.0 Å². The normalized spacial score (nSPS) is 12.0. The molecule has 1 amide bonds. The lowest BCUT2D eigenvalue weighted by Gasteiger charge is -2.14. The number of halogens is 1. The van der Waals surface area contributed by atoms with Gasteiger partial charge in [0, 0.05) is 17.1 Å². The topological polar surface area (TPSA) is 67.0 Å². The predicted molar refractivity (Wildman–Crippen MR) is 143 cm³/mol. The third kappa shape index (κ3) is 6.14. The number of hydrogen-bond acceptors (Lipinski definition) is 3. The van der Waals surface area contributed by atoms with E-state index in [-0.39, 0.29) is 17.4 Å². The van der Waals surface area contributed by atoms with Gasteiger partial charge in [0.05, 0.1) is 6.04 Å². The summed E-state index contributed by atoms with van der Waals surface area (Å²) >= 11 is 0. The molecule has 37 heavy (non-hydrogen) atoms. The largest absolute Gasteiger partial charge is 0.489 e. The molecular formula is C31H28FN3O2. The predicted octanol–water partition coefficient (Wildman–Crippen LogP) is 6.60. The van der Waals surface area contributed by atoms with Crippen LogP contribution in [0.3, 0.4) is 0 Å². The van der Waals surface area contributed by atoms with E-state index >= 15 is 0 Å². The Bertz CT molecular complexity index is 1450. The lowest BCUT2D eigenvalue weighted by Crippen LogP contribution is -2.27. The molecule has 4 aromatic rings. The van der Waals surface area contributed by atoms with Crippen LogP contribution >= 0.6 is 0 Å². The quantitative estimate of drug-likeness (QED) is 0.222. The van der Waals surface area contributed by atoms with Gasteiger partial charge in [0.1, 0.15) is 29.8 Å². The Hall–Kier alpha value is -4.63. The SMILES string of the molecule is Cc1cc(/C=C(/C#N)C(=O)N[C@@H](C)c2ccccc2)c(C)n1-c1ccc(OCc2ccc(F)cc2)cc1. The first-order valence-electron chi connectivity index (χ1n) is 12.0. The van der Waals surface area contributed by atoms with Gasteiger partial charge in [-0.1, -0.05) is 42.5 Å². The first kappa shape index (κ1) is 25.5. The molecule has 1 heterocycles. The molecule has 0 saturated carbocycles. The van der Waals surface area contributed by atoms with Crippen LogP contribution in [0.4, 0.5) is 4.39 Å². The summed E-state index contributed by atoms with van der Waals surface area (Å²) in [5.41, 5.74) is 5.52. The van der Waals surface area contributed by atoms with Crippen LogP contribution < -0.4 is 10.1 Å². The van der Waals surface area contributed by atoms with E-state index in [1.54, 1.807) is 18.2 Å². The van der Waals surface area contributed by atoms with Crippen molar-refractivity contribution >= 4 is 12.0 Å². The highest BCUT2D eigenvalue weighted by molar-refractivity contribution is 6.02. The molecule has 0 unspecified atom stereocenters. The van der Waals surface area contributed by atoms with Crippen molar-refractivity contribution < 1.29 is 13.9 Å². The number of hydrogen-bond donors (Lipinski definition) is 1. The maximum absolute atomic E-state index is 13.1. The molecule has 0 aliphatic carbocycles. The zero-order valence-corrected chi connectivity index (χ0v) is 21.0. The number of carbonyl (C=O) groups is 1. The second kappa shape index (κ2) is 11.4. The number of nitrogens with zero attached hydrogens (tertiary/aromatic N) is 2. The third-order valence-electron chi connectivity index (χ3n) is 6.20. The van der Waals surface area contributed by atoms with E-state index in [1.807, 2.05) is 87.5 Å². The lowest BCUT2D eigenvalue weighted by molar-refractivity contribution is -0.117. The van der Waals surface area contributed by atoms with Gasteiger partial charge in [-0.2, -0.15) is 5.26 Å². The van der Waals surface area contributed by atoms with Crippen LogP contribution in [0.2, 0.25) is 0 Å². The Labute approximate surface area is 216 Å². The first-order chi connectivity index (χ1) is 17.9. The molecule has 0 bridgehead atoms. The highest BCUT2D eigenvalue weighted by Crippen LogP contribution is 2.25. The molecule has 6 heteroatoms. The summed E-state index contributed by atoms with van der Waals surface area (Å²) in [6, 6.07) is 27.3. The number of nitriles is 1. The molecule has 1 N–H and O–H groups in total. The average Bonchev–Trinajstić information content (AvgIpc) is 3.19. The number of ether oxygens (including phenoxy) is 1. The van der Waals surface area contributed by atoms with Crippen molar-refractivity contribution in [2.45, 2.75) is 33.4 Å². The van der Waals surface area contributed by atoms with Crippen LogP contribution in [0.15, 0.2) is 90.5 Å². The second-order valence-electron chi connectivity index (χ2n) is 8.85. The fraction of sp³-hybridized carbons (Fsp3) is 0.161. The van der Waals surface area contributed by atoms with Crippen molar-refractivity contribution in [3.05, 3.63) is 124 Å². The molecule has 4 rings (SSSR count). The van der Waals surface area contributed by atoms with E-state index in [0.717, 1.165) is 33.8 Å². The summed E-state index contributed by atoms with van der Waals surface area (Å²) in [6.45, 7) is 6.17. The van der Waals surface area contributed by atoms with Crippen molar-refractivity contribution in [2.75, 3.05) is 0 Å². The number of amides is 1. The van der Waals surface area contributed by atoms with E-state index in [2.05, 4.69) is 9.88 Å². The minimum atomic E-state index is -0.411. The van der Waals surface area contributed by atoms with E-state index in [9.17, 15) is 14.4 Å². The Balaban J connectivity index is 1.49. The van der Waals surface area contributed by atoms with E-state index in [1.165, 1.54) is 12.1 Å². The molecule has 186 valence electrons. The number of aryl methyl sites for hydroxylation is 1. The first-order valence-corrected chi connectivity index (χ1v) is 12.0. The van der Waals surface area contributed by atoms with E-state index in [0.29, 0.717) is 12.4 Å². The van der Waals surface area contributed by atoms with Crippen molar-refractivity contribution in [2.24, 2.45) is 0 Å². The Morgan fingerprint density at radius 3 is 2.38 bits per heavy atom.